The first-order valence-electron chi connectivity index (χ1n) is 6.93. The minimum absolute atomic E-state index is 0.102. The van der Waals surface area contributed by atoms with Gasteiger partial charge in [0.15, 0.2) is 0 Å². The van der Waals surface area contributed by atoms with Gasteiger partial charge in [-0.05, 0) is 42.5 Å². The Hall–Kier alpha value is -3.03. The zero-order valence-electron chi connectivity index (χ0n) is 12.4. The van der Waals surface area contributed by atoms with Crippen LogP contribution >= 0.6 is 0 Å². The molecule has 8 heteroatoms. The average Bonchev–Trinajstić information content (AvgIpc) is 2.81. The molecule has 1 aromatic heterocycles. The summed E-state index contributed by atoms with van der Waals surface area (Å²) >= 11 is 0. The van der Waals surface area contributed by atoms with Gasteiger partial charge in [-0.15, -0.1) is 0 Å². The SMILES string of the molecule is Cn1c(=O)[nH]c2cc(NC(=O)c3ccc(C(F)(F)F)cc3)ccc21. The smallest absolute Gasteiger partial charge is 0.322 e. The molecular formula is C16H12F3N3O2. The average molecular weight is 335 g/mol. The summed E-state index contributed by atoms with van der Waals surface area (Å²) in [7, 11) is 1.61. The van der Waals surface area contributed by atoms with Gasteiger partial charge in [-0.25, -0.2) is 4.79 Å². The third-order valence-electron chi connectivity index (χ3n) is 3.64. The molecular weight excluding hydrogens is 323 g/mol. The van der Waals surface area contributed by atoms with Gasteiger partial charge in [0.2, 0.25) is 0 Å². The van der Waals surface area contributed by atoms with Crippen molar-refractivity contribution in [1.82, 2.24) is 9.55 Å². The number of benzene rings is 2. The van der Waals surface area contributed by atoms with Crippen molar-refractivity contribution in [2.45, 2.75) is 6.18 Å². The molecule has 2 N–H and O–H groups in total. The van der Waals surface area contributed by atoms with Gasteiger partial charge < -0.3 is 10.3 Å². The molecule has 24 heavy (non-hydrogen) atoms. The lowest BCUT2D eigenvalue weighted by Crippen LogP contribution is -2.12. The molecule has 0 bridgehead atoms. The van der Waals surface area contributed by atoms with Crippen molar-refractivity contribution in [3.63, 3.8) is 0 Å². The predicted octanol–water partition coefficient (Wildman–Crippen LogP) is 3.14. The van der Waals surface area contributed by atoms with E-state index in [-0.39, 0.29) is 11.3 Å². The number of alkyl halides is 3. The predicted molar refractivity (Wildman–Crippen MR) is 82.9 cm³/mol. The second-order valence-electron chi connectivity index (χ2n) is 5.25. The van der Waals surface area contributed by atoms with E-state index < -0.39 is 17.6 Å². The second kappa shape index (κ2) is 5.55. The van der Waals surface area contributed by atoms with Gasteiger partial charge in [-0.1, -0.05) is 0 Å². The summed E-state index contributed by atoms with van der Waals surface area (Å²) in [5.41, 5.74) is 0.651. The Labute approximate surface area is 133 Å². The fourth-order valence-electron chi connectivity index (χ4n) is 2.33. The number of nitrogens with one attached hydrogen (secondary N) is 2. The summed E-state index contributed by atoms with van der Waals surface area (Å²) in [6.45, 7) is 0. The van der Waals surface area contributed by atoms with Crippen molar-refractivity contribution in [3.05, 3.63) is 64.1 Å². The normalized spacial score (nSPS) is 11.7. The standard InChI is InChI=1S/C16H12F3N3O2/c1-22-13-7-6-11(8-12(13)21-15(22)24)20-14(23)9-2-4-10(5-3-9)16(17,18)19/h2-8H,1H3,(H,20,23)(H,21,24). The van der Waals surface area contributed by atoms with Crippen molar-refractivity contribution in [2.75, 3.05) is 5.32 Å². The Morgan fingerprint density at radius 3 is 2.42 bits per heavy atom. The maximum Gasteiger partial charge on any atom is 0.416 e. The van der Waals surface area contributed by atoms with Crippen LogP contribution in [0.1, 0.15) is 15.9 Å². The molecule has 0 saturated carbocycles. The van der Waals surface area contributed by atoms with Crippen molar-refractivity contribution < 1.29 is 18.0 Å². The highest BCUT2D eigenvalue weighted by Crippen LogP contribution is 2.29. The molecule has 0 aliphatic carbocycles. The number of carbonyl (C=O) groups is 1. The first-order chi connectivity index (χ1) is 11.3. The molecule has 0 saturated heterocycles. The molecule has 3 aromatic rings. The summed E-state index contributed by atoms with van der Waals surface area (Å²) in [6, 6.07) is 8.79. The van der Waals surface area contributed by atoms with E-state index in [0.29, 0.717) is 16.7 Å². The van der Waals surface area contributed by atoms with E-state index >= 15 is 0 Å². The minimum atomic E-state index is -4.45. The van der Waals surface area contributed by atoms with Crippen LogP contribution in [-0.2, 0) is 13.2 Å². The zero-order valence-corrected chi connectivity index (χ0v) is 12.4. The molecule has 124 valence electrons. The molecule has 3 rings (SSSR count). The number of amides is 1. The van der Waals surface area contributed by atoms with E-state index in [1.165, 1.54) is 4.57 Å². The van der Waals surface area contributed by atoms with Crippen LogP contribution in [0.25, 0.3) is 11.0 Å². The highest BCUT2D eigenvalue weighted by Gasteiger charge is 2.30. The van der Waals surface area contributed by atoms with E-state index in [4.69, 9.17) is 0 Å². The minimum Gasteiger partial charge on any atom is -0.322 e. The maximum atomic E-state index is 12.5. The number of imidazole rings is 1. The van der Waals surface area contributed by atoms with Crippen LogP contribution in [-0.4, -0.2) is 15.5 Å². The maximum absolute atomic E-state index is 12.5. The molecule has 0 aliphatic heterocycles. The van der Waals surface area contributed by atoms with Crippen LogP contribution < -0.4 is 11.0 Å². The molecule has 1 amide bonds. The van der Waals surface area contributed by atoms with Gasteiger partial charge in [0.25, 0.3) is 5.91 Å². The lowest BCUT2D eigenvalue weighted by atomic mass is 10.1. The Morgan fingerprint density at radius 2 is 1.79 bits per heavy atom. The van der Waals surface area contributed by atoms with Gasteiger partial charge in [-0.2, -0.15) is 13.2 Å². The van der Waals surface area contributed by atoms with Crippen LogP contribution in [0.15, 0.2) is 47.3 Å². The first kappa shape index (κ1) is 15.9. The summed E-state index contributed by atoms with van der Waals surface area (Å²) in [4.78, 5) is 26.3. The number of hydrogen-bond donors (Lipinski definition) is 2. The molecule has 5 nitrogen and oxygen atoms in total. The first-order valence-corrected chi connectivity index (χ1v) is 6.93. The third kappa shape index (κ3) is 2.90. The highest BCUT2D eigenvalue weighted by atomic mass is 19.4. The number of aromatic nitrogens is 2. The van der Waals surface area contributed by atoms with Gasteiger partial charge in [0.05, 0.1) is 16.6 Å². The van der Waals surface area contributed by atoms with Gasteiger partial charge in [0.1, 0.15) is 0 Å². The summed E-state index contributed by atoms with van der Waals surface area (Å²) < 4.78 is 39.0. The molecule has 0 aliphatic rings. The third-order valence-corrected chi connectivity index (χ3v) is 3.64. The largest absolute Gasteiger partial charge is 0.416 e. The van der Waals surface area contributed by atoms with Crippen molar-refractivity contribution in [2.24, 2.45) is 7.05 Å². The number of H-pyrrole nitrogens is 1. The fourth-order valence-corrected chi connectivity index (χ4v) is 2.33. The topological polar surface area (TPSA) is 66.9 Å². The lowest BCUT2D eigenvalue weighted by molar-refractivity contribution is -0.137. The number of anilines is 1. The summed E-state index contributed by atoms with van der Waals surface area (Å²) in [5.74, 6) is -0.540. The van der Waals surface area contributed by atoms with E-state index in [9.17, 15) is 22.8 Å². The number of hydrogen-bond acceptors (Lipinski definition) is 2. The quantitative estimate of drug-likeness (QED) is 0.755. The van der Waals surface area contributed by atoms with Crippen molar-refractivity contribution in [1.29, 1.82) is 0 Å². The van der Waals surface area contributed by atoms with E-state index in [1.54, 1.807) is 25.2 Å². The molecule has 0 fully saturated rings. The van der Waals surface area contributed by atoms with Crippen LogP contribution in [0, 0.1) is 0 Å². The summed E-state index contributed by atoms with van der Waals surface area (Å²) in [6.07, 6.45) is -4.45. The molecule has 0 atom stereocenters. The van der Waals surface area contributed by atoms with E-state index in [1.807, 2.05) is 0 Å². The van der Waals surface area contributed by atoms with Crippen molar-refractivity contribution >= 4 is 22.6 Å². The molecule has 1 heterocycles. The Bertz CT molecular complexity index is 969. The van der Waals surface area contributed by atoms with Crippen LogP contribution in [0.2, 0.25) is 0 Å². The van der Waals surface area contributed by atoms with Crippen LogP contribution in [0.5, 0.6) is 0 Å². The van der Waals surface area contributed by atoms with Gasteiger partial charge in [-0.3, -0.25) is 9.36 Å². The number of halogens is 3. The zero-order chi connectivity index (χ0) is 17.5. The van der Waals surface area contributed by atoms with Gasteiger partial charge in [0, 0.05) is 18.3 Å². The van der Waals surface area contributed by atoms with Gasteiger partial charge >= 0.3 is 11.9 Å². The second-order valence-corrected chi connectivity index (χ2v) is 5.25. The van der Waals surface area contributed by atoms with E-state index in [2.05, 4.69) is 10.3 Å². The van der Waals surface area contributed by atoms with Crippen LogP contribution in [0.3, 0.4) is 0 Å². The Balaban J connectivity index is 1.83. The Kier molecular flexibility index (Phi) is 3.67. The Morgan fingerprint density at radius 1 is 1.12 bits per heavy atom. The molecule has 2 aromatic carbocycles. The molecule has 0 spiro atoms. The monoisotopic (exact) mass is 335 g/mol. The fraction of sp³-hybridized carbons (Fsp3) is 0.125. The van der Waals surface area contributed by atoms with Crippen LogP contribution in [0.4, 0.5) is 18.9 Å². The summed E-state index contributed by atoms with van der Waals surface area (Å²) in [5, 5.41) is 2.59. The number of aryl methyl sites for hydroxylation is 1. The number of rotatable bonds is 2. The number of carbonyl (C=O) groups excluding carboxylic acids is 1. The number of aromatic amines is 1. The van der Waals surface area contributed by atoms with E-state index in [0.717, 1.165) is 24.3 Å². The van der Waals surface area contributed by atoms with Crippen molar-refractivity contribution in [3.8, 4) is 0 Å². The number of nitrogens with zero attached hydrogens (tertiary/aromatic N) is 1. The lowest BCUT2D eigenvalue weighted by Gasteiger charge is -2.08. The highest BCUT2D eigenvalue weighted by molar-refractivity contribution is 6.05. The number of fused-ring (bicyclic) bond motifs is 1. The molecule has 0 radical (unpaired) electrons. The molecule has 0 unspecified atom stereocenters.